The molecule has 0 radical (unpaired) electrons. The van der Waals surface area contributed by atoms with Crippen molar-refractivity contribution in [3.8, 4) is 12.3 Å². The molecule has 0 heterocycles. The Labute approximate surface area is 78.6 Å². The molecule has 0 spiro atoms. The molecule has 0 saturated carbocycles. The van der Waals surface area contributed by atoms with Gasteiger partial charge in [0.25, 0.3) is 0 Å². The fourth-order valence-electron chi connectivity index (χ4n) is 1.06. The van der Waals surface area contributed by atoms with Crippen LogP contribution in [-0.2, 0) is 0 Å². The molecule has 0 aliphatic carbocycles. The highest BCUT2D eigenvalue weighted by atomic mass is 16.3. The molecule has 2 N–H and O–H groups in total. The van der Waals surface area contributed by atoms with Gasteiger partial charge < -0.3 is 10.4 Å². The Morgan fingerprint density at radius 2 is 2.38 bits per heavy atom. The second-order valence-electron chi connectivity index (χ2n) is 2.86. The molecule has 0 amide bonds. The topological polar surface area (TPSA) is 32.3 Å². The van der Waals surface area contributed by atoms with Crippen LogP contribution in [0.3, 0.4) is 0 Å². The van der Waals surface area contributed by atoms with Crippen LogP contribution < -0.4 is 5.32 Å². The van der Waals surface area contributed by atoms with Gasteiger partial charge in [-0.25, -0.2) is 0 Å². The fraction of sp³-hybridized carbons (Fsp3) is 0.273. The van der Waals surface area contributed by atoms with Gasteiger partial charge in [0.15, 0.2) is 0 Å². The molecule has 1 rings (SSSR count). The zero-order valence-corrected chi connectivity index (χ0v) is 7.62. The molecule has 0 fully saturated rings. The summed E-state index contributed by atoms with van der Waals surface area (Å²) in [4.78, 5) is 0. The number of hydrogen-bond acceptors (Lipinski definition) is 2. The highest BCUT2D eigenvalue weighted by Crippen LogP contribution is 2.16. The SMILES string of the molecule is C#CCNc1cccc(C(C)O)c1. The maximum atomic E-state index is 9.31. The number of benzene rings is 1. The van der Waals surface area contributed by atoms with Gasteiger partial charge in [-0.15, -0.1) is 6.42 Å². The Kier molecular flexibility index (Phi) is 3.36. The van der Waals surface area contributed by atoms with E-state index < -0.39 is 6.10 Å². The van der Waals surface area contributed by atoms with E-state index in [9.17, 15) is 5.11 Å². The summed E-state index contributed by atoms with van der Waals surface area (Å²) in [6.45, 7) is 2.24. The van der Waals surface area contributed by atoms with Crippen LogP contribution in [0.25, 0.3) is 0 Å². The van der Waals surface area contributed by atoms with Crippen LogP contribution in [0.4, 0.5) is 5.69 Å². The van der Waals surface area contributed by atoms with Crippen LogP contribution in [0.15, 0.2) is 24.3 Å². The summed E-state index contributed by atoms with van der Waals surface area (Å²) >= 11 is 0. The van der Waals surface area contributed by atoms with Gasteiger partial charge in [-0.3, -0.25) is 0 Å². The molecule has 0 aliphatic rings. The Balaban J connectivity index is 2.75. The van der Waals surface area contributed by atoms with Crippen LogP contribution in [0.2, 0.25) is 0 Å². The quantitative estimate of drug-likeness (QED) is 0.686. The molecular weight excluding hydrogens is 162 g/mol. The number of rotatable bonds is 3. The summed E-state index contributed by atoms with van der Waals surface area (Å²) in [5, 5.41) is 12.3. The normalized spacial score (nSPS) is 11.8. The predicted molar refractivity (Wildman–Crippen MR) is 54.4 cm³/mol. The van der Waals surface area contributed by atoms with Crippen LogP contribution in [-0.4, -0.2) is 11.7 Å². The molecule has 1 aromatic carbocycles. The smallest absolute Gasteiger partial charge is 0.0763 e. The molecule has 0 saturated heterocycles. The number of anilines is 1. The number of aliphatic hydroxyl groups excluding tert-OH is 1. The van der Waals surface area contributed by atoms with Crippen molar-refractivity contribution in [2.45, 2.75) is 13.0 Å². The molecular formula is C11H13NO. The highest BCUT2D eigenvalue weighted by Gasteiger charge is 2.00. The molecule has 2 heteroatoms. The second kappa shape index (κ2) is 4.54. The van der Waals surface area contributed by atoms with Gasteiger partial charge in [-0.2, -0.15) is 0 Å². The van der Waals surface area contributed by atoms with Gasteiger partial charge in [0.05, 0.1) is 12.6 Å². The van der Waals surface area contributed by atoms with E-state index in [-0.39, 0.29) is 0 Å². The first-order valence-electron chi connectivity index (χ1n) is 4.19. The van der Waals surface area contributed by atoms with Gasteiger partial charge in [0, 0.05) is 5.69 Å². The third kappa shape index (κ3) is 2.81. The van der Waals surface area contributed by atoms with Crippen molar-refractivity contribution in [1.82, 2.24) is 0 Å². The Bertz CT molecular complexity index is 312. The average Bonchev–Trinajstić information content (AvgIpc) is 2.15. The minimum Gasteiger partial charge on any atom is -0.389 e. The van der Waals surface area contributed by atoms with Gasteiger partial charge >= 0.3 is 0 Å². The first-order chi connectivity index (χ1) is 6.24. The number of nitrogens with one attached hydrogen (secondary N) is 1. The Morgan fingerprint density at radius 3 is 3.00 bits per heavy atom. The summed E-state index contributed by atoms with van der Waals surface area (Å²) in [6, 6.07) is 7.58. The first-order valence-corrected chi connectivity index (χ1v) is 4.19. The molecule has 0 bridgehead atoms. The molecule has 1 aromatic rings. The molecule has 1 unspecified atom stereocenters. The van der Waals surface area contributed by atoms with Crippen molar-refractivity contribution in [3.05, 3.63) is 29.8 Å². The summed E-state index contributed by atoms with van der Waals surface area (Å²) in [6.07, 6.45) is 4.67. The molecule has 13 heavy (non-hydrogen) atoms. The first kappa shape index (κ1) is 9.63. The van der Waals surface area contributed by atoms with E-state index in [2.05, 4.69) is 11.2 Å². The summed E-state index contributed by atoms with van der Waals surface area (Å²) in [5.74, 6) is 2.49. The van der Waals surface area contributed by atoms with E-state index in [4.69, 9.17) is 6.42 Å². The molecule has 2 nitrogen and oxygen atoms in total. The number of aliphatic hydroxyl groups is 1. The van der Waals surface area contributed by atoms with Gasteiger partial charge in [-0.05, 0) is 24.6 Å². The van der Waals surface area contributed by atoms with Crippen molar-refractivity contribution < 1.29 is 5.11 Å². The lowest BCUT2D eigenvalue weighted by atomic mass is 10.1. The Morgan fingerprint density at radius 1 is 1.62 bits per heavy atom. The van der Waals surface area contributed by atoms with E-state index in [1.165, 1.54) is 0 Å². The lowest BCUT2D eigenvalue weighted by Crippen LogP contribution is -1.99. The predicted octanol–water partition coefficient (Wildman–Crippen LogP) is 1.78. The van der Waals surface area contributed by atoms with Crippen molar-refractivity contribution >= 4 is 5.69 Å². The van der Waals surface area contributed by atoms with Crippen LogP contribution >= 0.6 is 0 Å². The van der Waals surface area contributed by atoms with E-state index in [1.54, 1.807) is 6.92 Å². The molecule has 68 valence electrons. The summed E-state index contributed by atoms with van der Waals surface area (Å²) < 4.78 is 0. The average molecular weight is 175 g/mol. The van der Waals surface area contributed by atoms with Gasteiger partial charge in [0.2, 0.25) is 0 Å². The zero-order valence-electron chi connectivity index (χ0n) is 7.62. The zero-order chi connectivity index (χ0) is 9.68. The molecule has 1 atom stereocenters. The largest absolute Gasteiger partial charge is 0.389 e. The lowest BCUT2D eigenvalue weighted by molar-refractivity contribution is 0.199. The van der Waals surface area contributed by atoms with Crippen LogP contribution in [0.1, 0.15) is 18.6 Å². The van der Waals surface area contributed by atoms with Crippen LogP contribution in [0.5, 0.6) is 0 Å². The van der Waals surface area contributed by atoms with Crippen molar-refractivity contribution in [2.24, 2.45) is 0 Å². The summed E-state index contributed by atoms with van der Waals surface area (Å²) in [7, 11) is 0. The van der Waals surface area contributed by atoms with E-state index in [1.807, 2.05) is 24.3 Å². The van der Waals surface area contributed by atoms with Crippen molar-refractivity contribution in [3.63, 3.8) is 0 Å². The number of terminal acetylenes is 1. The minimum atomic E-state index is -0.437. The standard InChI is InChI=1S/C11H13NO/c1-3-7-12-11-6-4-5-10(8-11)9(2)13/h1,4-6,8-9,12-13H,7H2,2H3. The minimum absolute atomic E-state index is 0.437. The Hall–Kier alpha value is -1.46. The van der Waals surface area contributed by atoms with E-state index in [0.717, 1.165) is 11.3 Å². The number of hydrogen-bond donors (Lipinski definition) is 2. The summed E-state index contributed by atoms with van der Waals surface area (Å²) in [5.41, 5.74) is 1.83. The van der Waals surface area contributed by atoms with E-state index >= 15 is 0 Å². The molecule has 0 aliphatic heterocycles. The van der Waals surface area contributed by atoms with Gasteiger partial charge in [0.1, 0.15) is 0 Å². The lowest BCUT2D eigenvalue weighted by Gasteiger charge is -2.07. The van der Waals surface area contributed by atoms with Crippen LogP contribution in [0, 0.1) is 12.3 Å². The van der Waals surface area contributed by atoms with Crippen molar-refractivity contribution in [1.29, 1.82) is 0 Å². The molecule has 0 aromatic heterocycles. The maximum absolute atomic E-state index is 9.31. The van der Waals surface area contributed by atoms with E-state index in [0.29, 0.717) is 6.54 Å². The third-order valence-corrected chi connectivity index (χ3v) is 1.76. The second-order valence-corrected chi connectivity index (χ2v) is 2.86. The third-order valence-electron chi connectivity index (χ3n) is 1.76. The highest BCUT2D eigenvalue weighted by molar-refractivity contribution is 5.46. The van der Waals surface area contributed by atoms with Crippen molar-refractivity contribution in [2.75, 3.05) is 11.9 Å². The fourth-order valence-corrected chi connectivity index (χ4v) is 1.06. The van der Waals surface area contributed by atoms with Gasteiger partial charge in [-0.1, -0.05) is 18.1 Å². The maximum Gasteiger partial charge on any atom is 0.0763 e. The monoisotopic (exact) mass is 175 g/mol.